The molecule has 0 atom stereocenters. The molecule has 0 saturated carbocycles. The SMILES string of the molecule is NC(N)=NCCS.O=C([O-])CCC(=O)O.[Na+]. The number of aliphatic imine (C=N–C) groups is 1. The molecule has 16 heavy (non-hydrogen) atoms. The van der Waals surface area contributed by atoms with Crippen molar-refractivity contribution in [2.24, 2.45) is 16.5 Å². The van der Waals surface area contributed by atoms with E-state index in [1.807, 2.05) is 0 Å². The summed E-state index contributed by atoms with van der Waals surface area (Å²) in [5, 5.41) is 17.4. The first kappa shape index (κ1) is 20.9. The van der Waals surface area contributed by atoms with Crippen molar-refractivity contribution in [3.8, 4) is 0 Å². The zero-order valence-corrected chi connectivity index (χ0v) is 11.9. The fraction of sp³-hybridized carbons (Fsp3) is 0.571. The van der Waals surface area contributed by atoms with E-state index in [1.54, 1.807) is 0 Å². The van der Waals surface area contributed by atoms with E-state index in [2.05, 4.69) is 17.6 Å². The van der Waals surface area contributed by atoms with Gasteiger partial charge in [-0.1, -0.05) is 0 Å². The molecular weight excluding hydrogens is 245 g/mol. The van der Waals surface area contributed by atoms with Crippen LogP contribution in [0.5, 0.6) is 0 Å². The van der Waals surface area contributed by atoms with Crippen molar-refractivity contribution in [3.05, 3.63) is 0 Å². The summed E-state index contributed by atoms with van der Waals surface area (Å²) in [5.74, 6) is -1.62. The van der Waals surface area contributed by atoms with Crippen molar-refractivity contribution >= 4 is 30.5 Å². The Morgan fingerprint density at radius 1 is 1.31 bits per heavy atom. The predicted octanol–water partition coefficient (Wildman–Crippen LogP) is -5.21. The van der Waals surface area contributed by atoms with Crippen LogP contribution in [0.15, 0.2) is 4.99 Å². The Balaban J connectivity index is -0.000000200. The Labute approximate surface area is 121 Å². The summed E-state index contributed by atoms with van der Waals surface area (Å²) in [4.78, 5) is 22.8. The van der Waals surface area contributed by atoms with Gasteiger partial charge in [-0.05, 0) is 6.42 Å². The average Bonchev–Trinajstić information content (AvgIpc) is 2.12. The molecule has 0 aliphatic carbocycles. The second kappa shape index (κ2) is 14.6. The van der Waals surface area contributed by atoms with E-state index in [0.717, 1.165) is 0 Å². The summed E-state index contributed by atoms with van der Waals surface area (Å²) in [7, 11) is 0. The maximum absolute atomic E-state index is 9.61. The number of carbonyl (C=O) groups is 2. The first-order chi connectivity index (χ1) is 6.90. The molecule has 0 radical (unpaired) electrons. The Morgan fingerprint density at radius 3 is 1.94 bits per heavy atom. The third kappa shape index (κ3) is 29.2. The second-order valence-corrected chi connectivity index (χ2v) is 2.74. The van der Waals surface area contributed by atoms with Crippen LogP contribution in [0.1, 0.15) is 12.8 Å². The largest absolute Gasteiger partial charge is 1.00 e. The van der Waals surface area contributed by atoms with Crippen molar-refractivity contribution in [3.63, 3.8) is 0 Å². The van der Waals surface area contributed by atoms with Gasteiger partial charge in [-0.2, -0.15) is 12.6 Å². The summed E-state index contributed by atoms with van der Waals surface area (Å²) in [5.41, 5.74) is 9.94. The minimum Gasteiger partial charge on any atom is -0.550 e. The molecule has 0 aromatic carbocycles. The number of guanidine groups is 1. The van der Waals surface area contributed by atoms with Gasteiger partial charge in [0.25, 0.3) is 0 Å². The average molecular weight is 259 g/mol. The van der Waals surface area contributed by atoms with E-state index in [9.17, 15) is 14.7 Å². The minimum atomic E-state index is -1.33. The van der Waals surface area contributed by atoms with Crippen LogP contribution in [-0.4, -0.2) is 35.3 Å². The van der Waals surface area contributed by atoms with Gasteiger partial charge in [0.15, 0.2) is 5.96 Å². The smallest absolute Gasteiger partial charge is 0.550 e. The number of carboxylic acids is 2. The van der Waals surface area contributed by atoms with Crippen LogP contribution in [0.3, 0.4) is 0 Å². The van der Waals surface area contributed by atoms with Crippen LogP contribution in [0.25, 0.3) is 0 Å². The molecule has 0 fully saturated rings. The van der Waals surface area contributed by atoms with E-state index in [-0.39, 0.29) is 41.9 Å². The molecule has 88 valence electrons. The number of nitrogens with two attached hydrogens (primary N) is 2. The van der Waals surface area contributed by atoms with E-state index in [0.29, 0.717) is 12.3 Å². The summed E-state index contributed by atoms with van der Waals surface area (Å²) in [6.07, 6.45) is -0.766. The molecule has 0 saturated heterocycles. The molecule has 5 N–H and O–H groups in total. The van der Waals surface area contributed by atoms with Crippen molar-refractivity contribution in [2.75, 3.05) is 12.3 Å². The van der Waals surface area contributed by atoms with Gasteiger partial charge in [0.05, 0.1) is 13.0 Å². The molecule has 0 aromatic heterocycles. The summed E-state index contributed by atoms with van der Waals surface area (Å²) < 4.78 is 0. The molecule has 0 rings (SSSR count). The topological polar surface area (TPSA) is 142 Å². The van der Waals surface area contributed by atoms with Crippen molar-refractivity contribution in [2.45, 2.75) is 12.8 Å². The molecule has 0 heterocycles. The number of rotatable bonds is 5. The van der Waals surface area contributed by atoms with Gasteiger partial charge in [0.2, 0.25) is 0 Å². The predicted molar refractivity (Wildman–Crippen MR) is 56.4 cm³/mol. The standard InChI is InChI=1S/C4H6O4.C3H9N3S.Na/c5-3(6)1-2-4(7)8;4-3(5)6-1-2-7;/h1-2H2,(H,5,6)(H,7,8);7H,1-2H2,(H4,4,5,6);/q;;+1/p-1. The normalized spacial score (nSPS) is 7.81. The summed E-state index contributed by atoms with van der Waals surface area (Å²) in [6, 6.07) is 0. The van der Waals surface area contributed by atoms with Crippen LogP contribution in [0.2, 0.25) is 0 Å². The van der Waals surface area contributed by atoms with Crippen LogP contribution < -0.4 is 46.1 Å². The number of hydrogen-bond donors (Lipinski definition) is 4. The molecule has 7 nitrogen and oxygen atoms in total. The summed E-state index contributed by atoms with van der Waals surface area (Å²) >= 11 is 3.88. The number of aliphatic carboxylic acids is 2. The maximum Gasteiger partial charge on any atom is 1.00 e. The monoisotopic (exact) mass is 259 g/mol. The Bertz CT molecular complexity index is 220. The second-order valence-electron chi connectivity index (χ2n) is 2.30. The molecule has 0 amide bonds. The Hall–Kier alpha value is -0.440. The van der Waals surface area contributed by atoms with Crippen LogP contribution >= 0.6 is 12.6 Å². The number of hydrogen-bond acceptors (Lipinski definition) is 5. The van der Waals surface area contributed by atoms with E-state index >= 15 is 0 Å². The van der Waals surface area contributed by atoms with Gasteiger partial charge in [-0.15, -0.1) is 0 Å². The first-order valence-electron chi connectivity index (χ1n) is 3.98. The number of nitrogens with zero attached hydrogens (tertiary/aromatic N) is 1. The van der Waals surface area contributed by atoms with Gasteiger partial charge >= 0.3 is 35.5 Å². The molecule has 0 aliphatic heterocycles. The fourth-order valence-corrected chi connectivity index (χ4v) is 0.488. The number of thiol groups is 1. The van der Waals surface area contributed by atoms with E-state index in [1.165, 1.54) is 0 Å². The quantitative estimate of drug-likeness (QED) is 0.168. The zero-order chi connectivity index (χ0) is 12.3. The molecule has 0 bridgehead atoms. The Morgan fingerprint density at radius 2 is 1.81 bits per heavy atom. The molecular formula is C7H14N3NaO4S. The van der Waals surface area contributed by atoms with E-state index in [4.69, 9.17) is 16.6 Å². The van der Waals surface area contributed by atoms with E-state index < -0.39 is 18.4 Å². The first-order valence-corrected chi connectivity index (χ1v) is 4.61. The zero-order valence-electron chi connectivity index (χ0n) is 9.05. The number of carbonyl (C=O) groups excluding carboxylic acids is 1. The summed E-state index contributed by atoms with van der Waals surface area (Å²) in [6.45, 7) is 0.603. The van der Waals surface area contributed by atoms with Gasteiger partial charge in [0, 0.05) is 11.7 Å². The van der Waals surface area contributed by atoms with Crippen LogP contribution in [0.4, 0.5) is 0 Å². The maximum atomic E-state index is 9.61. The third-order valence-electron chi connectivity index (χ3n) is 0.937. The van der Waals surface area contributed by atoms with Gasteiger partial charge < -0.3 is 26.5 Å². The fourth-order valence-electron chi connectivity index (χ4n) is 0.388. The van der Waals surface area contributed by atoms with Crippen molar-refractivity contribution in [1.29, 1.82) is 0 Å². The van der Waals surface area contributed by atoms with Crippen LogP contribution in [-0.2, 0) is 9.59 Å². The third-order valence-corrected chi connectivity index (χ3v) is 1.14. The molecule has 0 spiro atoms. The Kier molecular flexibility index (Phi) is 19.0. The number of carboxylic acid groups (broad SMARTS) is 2. The van der Waals surface area contributed by atoms with Crippen LogP contribution in [0, 0.1) is 0 Å². The van der Waals surface area contributed by atoms with Crippen molar-refractivity contribution < 1.29 is 49.4 Å². The molecule has 0 aromatic rings. The van der Waals surface area contributed by atoms with Crippen molar-refractivity contribution in [1.82, 2.24) is 0 Å². The molecule has 0 unspecified atom stereocenters. The van der Waals surface area contributed by atoms with Gasteiger partial charge in [-0.3, -0.25) is 9.79 Å². The minimum absolute atomic E-state index is 0. The molecule has 9 heteroatoms. The van der Waals surface area contributed by atoms with Gasteiger partial charge in [-0.25, -0.2) is 0 Å². The van der Waals surface area contributed by atoms with Gasteiger partial charge in [0.1, 0.15) is 0 Å². The molecule has 0 aliphatic rings.